The van der Waals surface area contributed by atoms with Crippen LogP contribution >= 0.6 is 22.3 Å². The normalized spacial score (nSPS) is 11.4. The fraction of sp³-hybridized carbons (Fsp3) is 0.417. The van der Waals surface area contributed by atoms with Crippen LogP contribution in [0.3, 0.4) is 0 Å². The van der Waals surface area contributed by atoms with Crippen molar-refractivity contribution in [1.82, 2.24) is 4.90 Å². The minimum atomic E-state index is -3.94. The molecule has 20 heavy (non-hydrogen) atoms. The largest absolute Gasteiger partial charge is 0.380 e. The molecule has 1 aromatic carbocycles. The molecule has 0 heterocycles. The summed E-state index contributed by atoms with van der Waals surface area (Å²) >= 11 is 5.81. The van der Waals surface area contributed by atoms with Gasteiger partial charge >= 0.3 is 0 Å². The lowest BCUT2D eigenvalue weighted by atomic mass is 10.2. The second-order valence-electron chi connectivity index (χ2n) is 4.04. The zero-order valence-electron chi connectivity index (χ0n) is 11.1. The Hall–Kier alpha value is -0.820. The van der Waals surface area contributed by atoms with Gasteiger partial charge in [0.25, 0.3) is 15.0 Å². The highest BCUT2D eigenvalue weighted by molar-refractivity contribution is 8.13. The Morgan fingerprint density at radius 1 is 1.35 bits per heavy atom. The average Bonchev–Trinajstić information content (AvgIpc) is 2.36. The maximum atomic E-state index is 12.1. The van der Waals surface area contributed by atoms with Gasteiger partial charge in [-0.15, -0.1) is 0 Å². The van der Waals surface area contributed by atoms with Gasteiger partial charge in [-0.25, -0.2) is 8.42 Å². The lowest BCUT2D eigenvalue weighted by Gasteiger charge is -2.17. The molecule has 1 amide bonds. The Morgan fingerprint density at radius 2 is 2.00 bits per heavy atom. The van der Waals surface area contributed by atoms with Gasteiger partial charge in [0.2, 0.25) is 0 Å². The summed E-state index contributed by atoms with van der Waals surface area (Å²) in [5, 5.41) is 0.133. The zero-order valence-corrected chi connectivity index (χ0v) is 13.4. The van der Waals surface area contributed by atoms with E-state index in [2.05, 4.69) is 0 Å². The van der Waals surface area contributed by atoms with Gasteiger partial charge in [-0.3, -0.25) is 4.79 Å². The third-order valence-corrected chi connectivity index (χ3v) is 4.07. The maximum Gasteiger partial charge on any atom is 0.261 e. The minimum Gasteiger partial charge on any atom is -0.380 e. The van der Waals surface area contributed by atoms with E-state index >= 15 is 0 Å². The quantitative estimate of drug-likeness (QED) is 0.589. The smallest absolute Gasteiger partial charge is 0.261 e. The number of carbonyl (C=O) groups excluding carboxylic acids is 1. The third kappa shape index (κ3) is 4.94. The van der Waals surface area contributed by atoms with Crippen LogP contribution in [-0.2, 0) is 13.8 Å². The van der Waals surface area contributed by atoms with Crippen molar-refractivity contribution in [2.24, 2.45) is 0 Å². The summed E-state index contributed by atoms with van der Waals surface area (Å²) in [4.78, 5) is 13.4. The van der Waals surface area contributed by atoms with E-state index in [0.29, 0.717) is 19.8 Å². The molecule has 0 aliphatic heterocycles. The lowest BCUT2D eigenvalue weighted by molar-refractivity contribution is 0.0709. The first-order valence-electron chi connectivity index (χ1n) is 5.84. The van der Waals surface area contributed by atoms with Crippen molar-refractivity contribution in [1.29, 1.82) is 0 Å². The summed E-state index contributed by atoms with van der Waals surface area (Å²) in [5.74, 6) is -0.353. The predicted molar refractivity (Wildman–Crippen MR) is 77.9 cm³/mol. The third-order valence-electron chi connectivity index (χ3n) is 2.52. The number of benzene rings is 1. The summed E-state index contributed by atoms with van der Waals surface area (Å²) in [7, 11) is 2.92. The molecule has 0 aliphatic carbocycles. The van der Waals surface area contributed by atoms with Gasteiger partial charge in [0.15, 0.2) is 0 Å². The van der Waals surface area contributed by atoms with Crippen molar-refractivity contribution >= 4 is 37.2 Å². The molecule has 112 valence electrons. The number of hydrogen-bond acceptors (Lipinski definition) is 4. The van der Waals surface area contributed by atoms with Crippen LogP contribution in [0.15, 0.2) is 23.1 Å². The molecule has 1 aromatic rings. The second-order valence-corrected chi connectivity index (χ2v) is 7.04. The summed E-state index contributed by atoms with van der Waals surface area (Å²) in [6, 6.07) is 3.79. The van der Waals surface area contributed by atoms with Crippen LogP contribution in [0.2, 0.25) is 5.02 Å². The van der Waals surface area contributed by atoms with E-state index in [0.717, 1.165) is 0 Å². The standard InChI is InChI=1S/C12H15Cl2NO4S/c1-3-19-5-4-15(2)12(16)9-6-10(13)8-11(7-9)20(14,17)18/h6-8H,3-5H2,1-2H3. The molecule has 0 aromatic heterocycles. The van der Waals surface area contributed by atoms with Crippen LogP contribution in [0.4, 0.5) is 0 Å². The fourth-order valence-electron chi connectivity index (χ4n) is 1.49. The predicted octanol–water partition coefficient (Wildman–Crippen LogP) is 2.38. The Labute approximate surface area is 127 Å². The molecule has 8 heteroatoms. The van der Waals surface area contributed by atoms with Crippen LogP contribution in [-0.4, -0.2) is 46.0 Å². The van der Waals surface area contributed by atoms with Crippen LogP contribution in [0.5, 0.6) is 0 Å². The molecular weight excluding hydrogens is 325 g/mol. The molecule has 0 fully saturated rings. The Balaban J connectivity index is 2.96. The van der Waals surface area contributed by atoms with Crippen molar-refractivity contribution in [3.05, 3.63) is 28.8 Å². The SMILES string of the molecule is CCOCCN(C)C(=O)c1cc(Cl)cc(S(=O)(=O)Cl)c1. The van der Waals surface area contributed by atoms with E-state index in [1.807, 2.05) is 6.92 Å². The van der Waals surface area contributed by atoms with E-state index in [9.17, 15) is 13.2 Å². The van der Waals surface area contributed by atoms with Gasteiger partial charge in [-0.1, -0.05) is 11.6 Å². The van der Waals surface area contributed by atoms with Crippen molar-refractivity contribution in [2.45, 2.75) is 11.8 Å². The second kappa shape index (κ2) is 7.26. The van der Waals surface area contributed by atoms with E-state index < -0.39 is 9.05 Å². The summed E-state index contributed by atoms with van der Waals surface area (Å²) < 4.78 is 27.8. The van der Waals surface area contributed by atoms with Gasteiger partial charge in [-0.05, 0) is 25.1 Å². The molecule has 0 unspecified atom stereocenters. The first-order valence-corrected chi connectivity index (χ1v) is 8.53. The van der Waals surface area contributed by atoms with Gasteiger partial charge in [-0.2, -0.15) is 0 Å². The van der Waals surface area contributed by atoms with Crippen molar-refractivity contribution < 1.29 is 17.9 Å². The highest BCUT2D eigenvalue weighted by Gasteiger charge is 2.17. The van der Waals surface area contributed by atoms with Crippen LogP contribution in [0, 0.1) is 0 Å². The van der Waals surface area contributed by atoms with Gasteiger partial charge in [0, 0.05) is 41.5 Å². The molecular formula is C12H15Cl2NO4S. The van der Waals surface area contributed by atoms with Crippen LogP contribution in [0.25, 0.3) is 0 Å². The molecule has 0 aliphatic rings. The minimum absolute atomic E-state index is 0.133. The molecule has 0 radical (unpaired) electrons. The molecule has 0 spiro atoms. The Bertz CT molecular complexity index is 589. The number of nitrogens with zero attached hydrogens (tertiary/aromatic N) is 1. The highest BCUT2D eigenvalue weighted by atomic mass is 35.7. The molecule has 0 bridgehead atoms. The Kier molecular flexibility index (Phi) is 6.26. The van der Waals surface area contributed by atoms with Crippen molar-refractivity contribution in [3.8, 4) is 0 Å². The molecule has 0 N–H and O–H groups in total. The van der Waals surface area contributed by atoms with E-state index in [1.165, 1.54) is 23.1 Å². The number of carbonyl (C=O) groups is 1. The van der Waals surface area contributed by atoms with Crippen molar-refractivity contribution in [3.63, 3.8) is 0 Å². The number of hydrogen-bond donors (Lipinski definition) is 0. The van der Waals surface area contributed by atoms with Crippen LogP contribution < -0.4 is 0 Å². The van der Waals surface area contributed by atoms with E-state index in [1.54, 1.807) is 7.05 Å². The number of halogens is 2. The number of rotatable bonds is 6. The van der Waals surface area contributed by atoms with E-state index in [-0.39, 0.29) is 21.4 Å². The molecule has 1 rings (SSSR count). The number of likely N-dealkylation sites (N-methyl/N-ethyl adjacent to an activating group) is 1. The first kappa shape index (κ1) is 17.2. The number of amides is 1. The van der Waals surface area contributed by atoms with E-state index in [4.69, 9.17) is 27.0 Å². The summed E-state index contributed by atoms with van der Waals surface area (Å²) in [5.41, 5.74) is 0.163. The van der Waals surface area contributed by atoms with Gasteiger partial charge in [0.1, 0.15) is 0 Å². The lowest BCUT2D eigenvalue weighted by Crippen LogP contribution is -2.30. The zero-order chi connectivity index (χ0) is 15.3. The maximum absolute atomic E-state index is 12.1. The highest BCUT2D eigenvalue weighted by Crippen LogP contribution is 2.22. The Morgan fingerprint density at radius 3 is 2.55 bits per heavy atom. The first-order chi connectivity index (χ1) is 9.25. The summed E-state index contributed by atoms with van der Waals surface area (Å²) in [6.07, 6.45) is 0. The summed E-state index contributed by atoms with van der Waals surface area (Å²) in [6.45, 7) is 3.21. The topological polar surface area (TPSA) is 63.7 Å². The molecule has 0 saturated heterocycles. The number of ether oxygens (including phenoxy) is 1. The van der Waals surface area contributed by atoms with Gasteiger partial charge in [0.05, 0.1) is 11.5 Å². The average molecular weight is 340 g/mol. The van der Waals surface area contributed by atoms with Gasteiger partial charge < -0.3 is 9.64 Å². The molecule has 0 saturated carbocycles. The van der Waals surface area contributed by atoms with Crippen LogP contribution in [0.1, 0.15) is 17.3 Å². The molecule has 0 atom stereocenters. The van der Waals surface area contributed by atoms with Crippen molar-refractivity contribution in [2.75, 3.05) is 26.8 Å². The fourth-order valence-corrected chi connectivity index (χ4v) is 2.60. The molecule has 5 nitrogen and oxygen atoms in total. The monoisotopic (exact) mass is 339 g/mol.